The highest BCUT2D eigenvalue weighted by atomic mass is 35.5. The Kier molecular flexibility index (Phi) is 4.00. The van der Waals surface area contributed by atoms with Gasteiger partial charge in [0.05, 0.1) is 5.69 Å². The Morgan fingerprint density at radius 1 is 1.21 bits per heavy atom. The first kappa shape index (κ1) is 13.7. The summed E-state index contributed by atoms with van der Waals surface area (Å²) in [6.07, 6.45) is 1.61. The van der Waals surface area contributed by atoms with Crippen LogP contribution >= 0.6 is 11.6 Å². The summed E-state index contributed by atoms with van der Waals surface area (Å²) in [5, 5.41) is 3.46. The maximum atomic E-state index is 13.2. The summed E-state index contributed by atoms with van der Waals surface area (Å²) in [4.78, 5) is 3.98. The molecule has 0 aliphatic carbocycles. The van der Waals surface area contributed by atoms with Gasteiger partial charge in [0, 0.05) is 18.3 Å². The van der Waals surface area contributed by atoms with Crippen LogP contribution < -0.4 is 5.32 Å². The van der Waals surface area contributed by atoms with Gasteiger partial charge in [0.2, 0.25) is 0 Å². The van der Waals surface area contributed by atoms with Crippen LogP contribution in [0, 0.1) is 18.6 Å². The van der Waals surface area contributed by atoms with Crippen LogP contribution in [-0.2, 0) is 0 Å². The number of benzene rings is 1. The monoisotopic (exact) mass is 282 g/mol. The molecule has 0 radical (unpaired) electrons. The molecule has 1 aromatic heterocycles. The van der Waals surface area contributed by atoms with Gasteiger partial charge in [-0.3, -0.25) is 0 Å². The molecule has 2 aromatic rings. The molecule has 1 unspecified atom stereocenters. The molecule has 100 valence electrons. The van der Waals surface area contributed by atoms with Gasteiger partial charge >= 0.3 is 0 Å². The Bertz CT molecular complexity index is 561. The van der Waals surface area contributed by atoms with E-state index in [2.05, 4.69) is 10.3 Å². The van der Waals surface area contributed by atoms with Crippen molar-refractivity contribution in [2.75, 3.05) is 5.32 Å². The Labute approximate surface area is 115 Å². The summed E-state index contributed by atoms with van der Waals surface area (Å²) in [6, 6.07) is 4.96. The molecule has 0 aliphatic rings. The average Bonchev–Trinajstić information content (AvgIpc) is 2.32. The van der Waals surface area contributed by atoms with Gasteiger partial charge in [-0.05, 0) is 43.2 Å². The lowest BCUT2D eigenvalue weighted by atomic mass is 10.1. The summed E-state index contributed by atoms with van der Waals surface area (Å²) >= 11 is 6.00. The van der Waals surface area contributed by atoms with E-state index in [0.717, 1.165) is 11.6 Å². The Morgan fingerprint density at radius 3 is 2.42 bits per heavy atom. The maximum Gasteiger partial charge on any atom is 0.152 e. The molecule has 1 N–H and O–H groups in total. The van der Waals surface area contributed by atoms with E-state index in [1.165, 1.54) is 12.1 Å². The van der Waals surface area contributed by atoms with Crippen molar-refractivity contribution in [1.29, 1.82) is 0 Å². The molecular formula is C14H13ClF2N2. The number of hydrogen-bond donors (Lipinski definition) is 1. The molecule has 2 rings (SSSR count). The van der Waals surface area contributed by atoms with E-state index in [1.54, 1.807) is 13.1 Å². The summed E-state index contributed by atoms with van der Waals surface area (Å²) in [7, 11) is 0. The molecule has 0 saturated heterocycles. The number of rotatable bonds is 3. The normalized spacial score (nSPS) is 12.3. The molecule has 1 atom stereocenters. The highest BCUT2D eigenvalue weighted by molar-refractivity contribution is 6.32. The van der Waals surface area contributed by atoms with Crippen LogP contribution in [0.25, 0.3) is 0 Å². The molecule has 5 heteroatoms. The van der Waals surface area contributed by atoms with E-state index in [0.29, 0.717) is 16.4 Å². The number of halogens is 3. The average molecular weight is 283 g/mol. The van der Waals surface area contributed by atoms with Crippen LogP contribution in [0.4, 0.5) is 14.5 Å². The molecule has 19 heavy (non-hydrogen) atoms. The summed E-state index contributed by atoms with van der Waals surface area (Å²) in [6.45, 7) is 3.69. The highest BCUT2D eigenvalue weighted by Crippen LogP contribution is 2.28. The van der Waals surface area contributed by atoms with Crippen molar-refractivity contribution in [3.05, 3.63) is 58.4 Å². The summed E-state index contributed by atoms with van der Waals surface area (Å²) < 4.78 is 26.4. The fourth-order valence-electron chi connectivity index (χ4n) is 1.82. The zero-order valence-corrected chi connectivity index (χ0v) is 11.3. The van der Waals surface area contributed by atoms with Crippen LogP contribution in [0.2, 0.25) is 5.15 Å². The lowest BCUT2D eigenvalue weighted by Crippen LogP contribution is -2.09. The van der Waals surface area contributed by atoms with Crippen LogP contribution in [0.15, 0.2) is 30.5 Å². The second kappa shape index (κ2) is 5.53. The van der Waals surface area contributed by atoms with Crippen LogP contribution in [0.3, 0.4) is 0 Å². The van der Waals surface area contributed by atoms with Gasteiger partial charge in [-0.2, -0.15) is 0 Å². The Morgan fingerprint density at radius 2 is 1.84 bits per heavy atom. The number of aromatic nitrogens is 1. The lowest BCUT2D eigenvalue weighted by Gasteiger charge is -2.18. The molecule has 0 aliphatic heterocycles. The SMILES string of the molecule is Cc1ccnc(Cl)c1NC(C)c1cc(F)cc(F)c1. The zero-order chi connectivity index (χ0) is 14.0. The van der Waals surface area contributed by atoms with Gasteiger partial charge in [0.15, 0.2) is 5.15 Å². The van der Waals surface area contributed by atoms with E-state index in [4.69, 9.17) is 11.6 Å². The molecule has 1 heterocycles. The van der Waals surface area contributed by atoms with E-state index >= 15 is 0 Å². The fourth-order valence-corrected chi connectivity index (χ4v) is 2.08. The second-order valence-corrected chi connectivity index (χ2v) is 4.72. The second-order valence-electron chi connectivity index (χ2n) is 4.36. The first-order valence-electron chi connectivity index (χ1n) is 5.81. The number of hydrogen-bond acceptors (Lipinski definition) is 2. The van der Waals surface area contributed by atoms with Gasteiger partial charge in [0.25, 0.3) is 0 Å². The van der Waals surface area contributed by atoms with Crippen molar-refractivity contribution in [3.63, 3.8) is 0 Å². The molecule has 0 fully saturated rings. The molecule has 0 bridgehead atoms. The lowest BCUT2D eigenvalue weighted by molar-refractivity contribution is 0.577. The number of nitrogens with one attached hydrogen (secondary N) is 1. The Hall–Kier alpha value is -1.68. The number of anilines is 1. The van der Waals surface area contributed by atoms with Gasteiger partial charge < -0.3 is 5.32 Å². The minimum Gasteiger partial charge on any atom is -0.376 e. The summed E-state index contributed by atoms with van der Waals surface area (Å²) in [5.74, 6) is -1.20. The summed E-state index contributed by atoms with van der Waals surface area (Å²) in [5.41, 5.74) is 2.10. The van der Waals surface area contributed by atoms with Crippen molar-refractivity contribution in [1.82, 2.24) is 4.98 Å². The smallest absolute Gasteiger partial charge is 0.152 e. The minimum absolute atomic E-state index is 0.286. The first-order chi connectivity index (χ1) is 8.97. The quantitative estimate of drug-likeness (QED) is 0.839. The predicted molar refractivity (Wildman–Crippen MR) is 72.4 cm³/mol. The molecule has 0 spiro atoms. The van der Waals surface area contributed by atoms with Crippen molar-refractivity contribution < 1.29 is 8.78 Å². The van der Waals surface area contributed by atoms with E-state index < -0.39 is 11.6 Å². The molecule has 1 aromatic carbocycles. The minimum atomic E-state index is -0.599. The van der Waals surface area contributed by atoms with Gasteiger partial charge in [-0.1, -0.05) is 11.6 Å². The zero-order valence-electron chi connectivity index (χ0n) is 10.5. The molecule has 2 nitrogen and oxygen atoms in total. The number of pyridine rings is 1. The van der Waals surface area contributed by atoms with Crippen LogP contribution in [-0.4, -0.2) is 4.98 Å². The van der Waals surface area contributed by atoms with Crippen LogP contribution in [0.5, 0.6) is 0 Å². The van der Waals surface area contributed by atoms with Gasteiger partial charge in [-0.15, -0.1) is 0 Å². The Balaban J connectivity index is 2.28. The molecular weight excluding hydrogens is 270 g/mol. The van der Waals surface area contributed by atoms with E-state index in [9.17, 15) is 8.78 Å². The first-order valence-corrected chi connectivity index (χ1v) is 6.19. The van der Waals surface area contributed by atoms with Crippen molar-refractivity contribution in [2.45, 2.75) is 19.9 Å². The van der Waals surface area contributed by atoms with E-state index in [1.807, 2.05) is 13.0 Å². The topological polar surface area (TPSA) is 24.9 Å². The van der Waals surface area contributed by atoms with Crippen molar-refractivity contribution in [3.8, 4) is 0 Å². The number of nitrogens with zero attached hydrogens (tertiary/aromatic N) is 1. The van der Waals surface area contributed by atoms with Crippen molar-refractivity contribution >= 4 is 17.3 Å². The largest absolute Gasteiger partial charge is 0.376 e. The molecule has 0 saturated carbocycles. The third kappa shape index (κ3) is 3.20. The predicted octanol–water partition coefficient (Wildman–Crippen LogP) is 4.49. The third-order valence-electron chi connectivity index (χ3n) is 2.86. The molecule has 0 amide bonds. The highest BCUT2D eigenvalue weighted by Gasteiger charge is 2.12. The standard InChI is InChI=1S/C14H13ClF2N2/c1-8-3-4-18-14(15)13(8)19-9(2)10-5-11(16)7-12(17)6-10/h3-7,9,19H,1-2H3. The van der Waals surface area contributed by atoms with Crippen molar-refractivity contribution in [2.24, 2.45) is 0 Å². The van der Waals surface area contributed by atoms with E-state index in [-0.39, 0.29) is 6.04 Å². The third-order valence-corrected chi connectivity index (χ3v) is 3.15. The van der Waals surface area contributed by atoms with Gasteiger partial charge in [-0.25, -0.2) is 13.8 Å². The fraction of sp³-hybridized carbons (Fsp3) is 0.214. The maximum absolute atomic E-state index is 13.2. The van der Waals surface area contributed by atoms with Gasteiger partial charge in [0.1, 0.15) is 11.6 Å². The van der Waals surface area contributed by atoms with Crippen LogP contribution in [0.1, 0.15) is 24.1 Å². The number of aryl methyl sites for hydroxylation is 1.